The van der Waals surface area contributed by atoms with Gasteiger partial charge in [-0.15, -0.1) is 0 Å². The minimum atomic E-state index is -3.30. The second-order valence-electron chi connectivity index (χ2n) is 8.19. The summed E-state index contributed by atoms with van der Waals surface area (Å²) < 4.78 is 32.1. The van der Waals surface area contributed by atoms with Gasteiger partial charge in [-0.1, -0.05) is 12.1 Å². The molecule has 1 aromatic carbocycles. The van der Waals surface area contributed by atoms with Crippen LogP contribution in [0.5, 0.6) is 5.75 Å². The summed E-state index contributed by atoms with van der Waals surface area (Å²) in [4.78, 5) is 8.08. The third-order valence-corrected chi connectivity index (χ3v) is 7.46. The highest BCUT2D eigenvalue weighted by molar-refractivity contribution is 7.90. The summed E-state index contributed by atoms with van der Waals surface area (Å²) in [6, 6.07) is 7.86. The first-order valence-corrected chi connectivity index (χ1v) is 10.9. The van der Waals surface area contributed by atoms with Gasteiger partial charge in [-0.3, -0.25) is 0 Å². The summed E-state index contributed by atoms with van der Waals surface area (Å²) in [5.41, 5.74) is 1.92. The summed E-state index contributed by atoms with van der Waals surface area (Å²) in [5, 5.41) is 0. The lowest BCUT2D eigenvalue weighted by atomic mass is 9.86. The Labute approximate surface area is 161 Å². The van der Waals surface area contributed by atoms with E-state index in [0.717, 1.165) is 48.5 Å². The van der Waals surface area contributed by atoms with Crippen molar-refractivity contribution in [2.24, 2.45) is 0 Å². The van der Waals surface area contributed by atoms with Crippen molar-refractivity contribution in [3.8, 4) is 17.0 Å². The maximum absolute atomic E-state index is 12.3. The largest absolute Gasteiger partial charge is 0.497 e. The van der Waals surface area contributed by atoms with Crippen molar-refractivity contribution in [2.75, 3.05) is 7.11 Å². The van der Waals surface area contributed by atoms with Gasteiger partial charge in [0.05, 0.1) is 17.6 Å². The number of nitrogens with one attached hydrogen (secondary N) is 2. The van der Waals surface area contributed by atoms with Crippen LogP contribution >= 0.6 is 0 Å². The molecule has 1 saturated carbocycles. The van der Waals surface area contributed by atoms with Gasteiger partial charge in [-0.25, -0.2) is 18.1 Å². The van der Waals surface area contributed by atoms with Crippen LogP contribution in [0.3, 0.4) is 0 Å². The van der Waals surface area contributed by atoms with Crippen LogP contribution in [0, 0.1) is 0 Å². The molecule has 1 aliphatic rings. The van der Waals surface area contributed by atoms with E-state index in [2.05, 4.69) is 9.71 Å². The molecule has 1 aromatic heterocycles. The lowest BCUT2D eigenvalue weighted by Crippen LogP contribution is -2.45. The van der Waals surface area contributed by atoms with Crippen LogP contribution in [0.25, 0.3) is 11.3 Å². The number of aromatic amines is 1. The van der Waals surface area contributed by atoms with Crippen LogP contribution in [-0.2, 0) is 10.0 Å². The molecular formula is C20H29N3O3S. The second kappa shape index (κ2) is 7.64. The van der Waals surface area contributed by atoms with Crippen LogP contribution in [-0.4, -0.2) is 36.3 Å². The molecule has 1 aliphatic carbocycles. The predicted octanol–water partition coefficient (Wildman–Crippen LogP) is 3.83. The van der Waals surface area contributed by atoms with Crippen LogP contribution in [0.1, 0.15) is 58.2 Å². The van der Waals surface area contributed by atoms with Crippen molar-refractivity contribution in [2.45, 2.75) is 63.2 Å². The fraction of sp³-hybridized carbons (Fsp3) is 0.550. The van der Waals surface area contributed by atoms with E-state index in [0.29, 0.717) is 5.92 Å². The molecule has 1 heterocycles. The van der Waals surface area contributed by atoms with Gasteiger partial charge in [-0.2, -0.15) is 0 Å². The topological polar surface area (TPSA) is 84.1 Å². The van der Waals surface area contributed by atoms with Gasteiger partial charge in [0, 0.05) is 23.7 Å². The zero-order chi connectivity index (χ0) is 19.7. The van der Waals surface area contributed by atoms with Crippen molar-refractivity contribution in [1.29, 1.82) is 0 Å². The third-order valence-electron chi connectivity index (χ3n) is 5.21. The van der Waals surface area contributed by atoms with Crippen LogP contribution < -0.4 is 9.46 Å². The maximum Gasteiger partial charge on any atom is 0.216 e. The Bertz CT molecular complexity index is 876. The monoisotopic (exact) mass is 391 g/mol. The molecular weight excluding hydrogens is 362 g/mol. The molecule has 0 spiro atoms. The van der Waals surface area contributed by atoms with E-state index >= 15 is 0 Å². The highest BCUT2D eigenvalue weighted by atomic mass is 32.2. The molecule has 0 radical (unpaired) electrons. The number of sulfonamides is 1. The average Bonchev–Trinajstić information content (AvgIpc) is 3.11. The van der Waals surface area contributed by atoms with Crippen LogP contribution in [0.15, 0.2) is 30.5 Å². The number of H-pyrrole nitrogens is 1. The van der Waals surface area contributed by atoms with Crippen molar-refractivity contribution >= 4 is 10.0 Å². The van der Waals surface area contributed by atoms with Gasteiger partial charge in [0.25, 0.3) is 0 Å². The standard InChI is InChI=1S/C20H29N3O3S/c1-20(2,3)27(24,25)23-16-10-8-14(9-11-16)19-21-13-18(22-19)15-6-5-7-17(12-15)26-4/h5-7,12-14,16,23H,8-11H2,1-4H3,(H,21,22)/t14-,16-. The zero-order valence-electron chi connectivity index (χ0n) is 16.5. The zero-order valence-corrected chi connectivity index (χ0v) is 17.3. The number of ether oxygens (including phenoxy) is 1. The SMILES string of the molecule is COc1cccc(-c2c[nH]c([C@H]3CC[C@H](NS(=O)(=O)C(C)(C)C)CC3)n2)c1. The molecule has 148 valence electrons. The Hall–Kier alpha value is -1.86. The Kier molecular flexibility index (Phi) is 5.63. The normalized spacial score (nSPS) is 21.2. The highest BCUT2D eigenvalue weighted by Gasteiger charge is 2.33. The minimum absolute atomic E-state index is 0.0123. The third kappa shape index (κ3) is 4.52. The molecule has 0 bridgehead atoms. The predicted molar refractivity (Wildman–Crippen MR) is 107 cm³/mol. The Morgan fingerprint density at radius 1 is 1.19 bits per heavy atom. The van der Waals surface area contributed by atoms with Gasteiger partial charge in [0.2, 0.25) is 10.0 Å². The fourth-order valence-corrected chi connectivity index (χ4v) is 4.39. The highest BCUT2D eigenvalue weighted by Crippen LogP contribution is 2.33. The number of benzene rings is 1. The van der Waals surface area contributed by atoms with E-state index in [9.17, 15) is 8.42 Å². The average molecular weight is 392 g/mol. The Morgan fingerprint density at radius 3 is 2.52 bits per heavy atom. The molecule has 6 nitrogen and oxygen atoms in total. The molecule has 0 saturated heterocycles. The quantitative estimate of drug-likeness (QED) is 0.811. The Balaban J connectivity index is 1.63. The number of rotatable bonds is 5. The molecule has 0 aliphatic heterocycles. The minimum Gasteiger partial charge on any atom is -0.497 e. The van der Waals surface area contributed by atoms with Gasteiger partial charge < -0.3 is 9.72 Å². The molecule has 2 aromatic rings. The molecule has 1 fully saturated rings. The molecule has 3 rings (SSSR count). The van der Waals surface area contributed by atoms with Gasteiger partial charge in [0.15, 0.2) is 0 Å². The first-order valence-electron chi connectivity index (χ1n) is 9.41. The molecule has 0 unspecified atom stereocenters. The van der Waals surface area contributed by atoms with E-state index in [4.69, 9.17) is 9.72 Å². The van der Waals surface area contributed by atoms with Crippen molar-refractivity contribution in [3.05, 3.63) is 36.3 Å². The number of imidazole rings is 1. The smallest absolute Gasteiger partial charge is 0.216 e. The van der Waals surface area contributed by atoms with E-state index in [1.807, 2.05) is 30.5 Å². The van der Waals surface area contributed by atoms with Crippen molar-refractivity contribution < 1.29 is 13.2 Å². The van der Waals surface area contributed by atoms with E-state index in [-0.39, 0.29) is 6.04 Å². The summed E-state index contributed by atoms with van der Waals surface area (Å²) in [7, 11) is -1.65. The number of hydrogen-bond donors (Lipinski definition) is 2. The van der Waals surface area contributed by atoms with Crippen LogP contribution in [0.4, 0.5) is 0 Å². The lowest BCUT2D eigenvalue weighted by molar-refractivity contribution is 0.364. The maximum atomic E-state index is 12.3. The first kappa shape index (κ1) is 19.9. The molecule has 27 heavy (non-hydrogen) atoms. The van der Waals surface area contributed by atoms with E-state index < -0.39 is 14.8 Å². The number of aromatic nitrogens is 2. The summed E-state index contributed by atoms with van der Waals surface area (Å²) >= 11 is 0. The molecule has 0 atom stereocenters. The summed E-state index contributed by atoms with van der Waals surface area (Å²) in [6.45, 7) is 5.18. The molecule has 7 heteroatoms. The van der Waals surface area contributed by atoms with Gasteiger partial charge in [-0.05, 0) is 58.6 Å². The summed E-state index contributed by atoms with van der Waals surface area (Å²) in [5.74, 6) is 2.12. The Morgan fingerprint density at radius 2 is 1.89 bits per heavy atom. The van der Waals surface area contributed by atoms with E-state index in [1.165, 1.54) is 0 Å². The summed E-state index contributed by atoms with van der Waals surface area (Å²) in [6.07, 6.45) is 5.42. The number of hydrogen-bond acceptors (Lipinski definition) is 4. The van der Waals surface area contributed by atoms with E-state index in [1.54, 1.807) is 27.9 Å². The first-order chi connectivity index (χ1) is 12.7. The fourth-order valence-electron chi connectivity index (χ4n) is 3.36. The second-order valence-corrected chi connectivity index (χ2v) is 10.7. The van der Waals surface area contributed by atoms with Gasteiger partial charge in [0.1, 0.15) is 11.6 Å². The molecule has 0 amide bonds. The van der Waals surface area contributed by atoms with Gasteiger partial charge >= 0.3 is 0 Å². The number of methoxy groups -OCH3 is 1. The van der Waals surface area contributed by atoms with Crippen LogP contribution in [0.2, 0.25) is 0 Å². The van der Waals surface area contributed by atoms with Crippen molar-refractivity contribution in [3.63, 3.8) is 0 Å². The van der Waals surface area contributed by atoms with Crippen molar-refractivity contribution in [1.82, 2.24) is 14.7 Å². The number of nitrogens with zero attached hydrogens (tertiary/aromatic N) is 1. The lowest BCUT2D eigenvalue weighted by Gasteiger charge is -2.30. The molecule has 2 N–H and O–H groups in total.